The van der Waals surface area contributed by atoms with Crippen molar-refractivity contribution in [3.63, 3.8) is 0 Å². The Morgan fingerprint density at radius 1 is 0.939 bits per heavy atom. The van der Waals surface area contributed by atoms with Gasteiger partial charge in [0.2, 0.25) is 0 Å². The summed E-state index contributed by atoms with van der Waals surface area (Å²) in [4.78, 5) is 37.7. The molecule has 170 valence electrons. The molecule has 3 aromatic rings. The van der Waals surface area contributed by atoms with Crippen LogP contribution in [0.2, 0.25) is 0 Å². The molecule has 1 saturated heterocycles. The van der Waals surface area contributed by atoms with Crippen molar-refractivity contribution in [2.24, 2.45) is 0 Å². The molecule has 1 aliphatic rings. The van der Waals surface area contributed by atoms with E-state index in [4.69, 9.17) is 4.74 Å². The second-order valence-corrected chi connectivity index (χ2v) is 8.23. The summed E-state index contributed by atoms with van der Waals surface area (Å²) in [6.07, 6.45) is 8.66. The molecular formula is C26H28N4O3. The van der Waals surface area contributed by atoms with Crippen LogP contribution in [-0.4, -0.2) is 57.9 Å². The molecule has 7 heteroatoms. The van der Waals surface area contributed by atoms with Crippen LogP contribution in [0.1, 0.15) is 44.7 Å². The molecule has 1 aliphatic heterocycles. The molecule has 0 aliphatic carbocycles. The lowest BCUT2D eigenvalue weighted by Gasteiger charge is -2.38. The summed E-state index contributed by atoms with van der Waals surface area (Å²) in [5.41, 5.74) is 3.33. The Bertz CT molecular complexity index is 1050. The molecule has 2 aromatic heterocycles. The minimum absolute atomic E-state index is 0.00352. The fraction of sp³-hybridized carbons (Fsp3) is 0.308. The number of hydrogen-bond acceptors (Lipinski definition) is 6. The molecule has 1 amide bonds. The third kappa shape index (κ3) is 5.81. The number of aromatic nitrogens is 2. The first kappa shape index (κ1) is 22.6. The Kier molecular flexibility index (Phi) is 7.42. The largest absolute Gasteiger partial charge is 0.465 e. The molecule has 0 radical (unpaired) electrons. The topological polar surface area (TPSA) is 75.6 Å². The van der Waals surface area contributed by atoms with Gasteiger partial charge >= 0.3 is 5.97 Å². The standard InChI is InChI=1S/C26H28N4O3/c1-33-26(32)22-8-6-20(7-9-22)18-29-14-10-24(11-15-29)30(19-21-4-2-12-27-16-21)25(31)23-5-3-13-28-17-23/h2-9,12-13,16-17,24H,10-11,14-15,18-19H2,1H3. The number of methoxy groups -OCH3 is 1. The molecule has 7 nitrogen and oxygen atoms in total. The van der Waals surface area contributed by atoms with E-state index >= 15 is 0 Å². The Hall–Kier alpha value is -3.58. The molecule has 33 heavy (non-hydrogen) atoms. The first-order valence-corrected chi connectivity index (χ1v) is 11.1. The molecule has 1 fully saturated rings. The zero-order valence-corrected chi connectivity index (χ0v) is 18.8. The van der Waals surface area contributed by atoms with Gasteiger partial charge in [0.1, 0.15) is 0 Å². The van der Waals surface area contributed by atoms with E-state index in [9.17, 15) is 9.59 Å². The smallest absolute Gasteiger partial charge is 0.337 e. The lowest BCUT2D eigenvalue weighted by Crippen LogP contribution is -2.46. The maximum Gasteiger partial charge on any atom is 0.337 e. The number of rotatable bonds is 7. The van der Waals surface area contributed by atoms with Crippen LogP contribution < -0.4 is 0 Å². The van der Waals surface area contributed by atoms with Gasteiger partial charge in [-0.3, -0.25) is 19.7 Å². The van der Waals surface area contributed by atoms with Crippen molar-refractivity contribution in [1.29, 1.82) is 0 Å². The highest BCUT2D eigenvalue weighted by molar-refractivity contribution is 5.94. The average molecular weight is 445 g/mol. The van der Waals surface area contributed by atoms with Gasteiger partial charge in [0.15, 0.2) is 0 Å². The summed E-state index contributed by atoms with van der Waals surface area (Å²) < 4.78 is 4.76. The van der Waals surface area contributed by atoms with Crippen LogP contribution in [-0.2, 0) is 17.8 Å². The second kappa shape index (κ2) is 10.8. The van der Waals surface area contributed by atoms with Crippen molar-refractivity contribution < 1.29 is 14.3 Å². The molecule has 0 unspecified atom stereocenters. The van der Waals surface area contributed by atoms with Gasteiger partial charge in [-0.25, -0.2) is 4.79 Å². The molecule has 3 heterocycles. The maximum absolute atomic E-state index is 13.3. The predicted octanol–water partition coefficient (Wildman–Crippen LogP) is 3.57. The number of nitrogens with zero attached hydrogens (tertiary/aromatic N) is 4. The van der Waals surface area contributed by atoms with Gasteiger partial charge in [0, 0.05) is 57.0 Å². The van der Waals surface area contributed by atoms with E-state index in [1.165, 1.54) is 7.11 Å². The first-order chi connectivity index (χ1) is 16.1. The Labute approximate surface area is 194 Å². The SMILES string of the molecule is COC(=O)c1ccc(CN2CCC(N(Cc3cccnc3)C(=O)c3cccnc3)CC2)cc1. The quantitative estimate of drug-likeness (QED) is 0.519. The van der Waals surface area contributed by atoms with Crippen LogP contribution in [0, 0.1) is 0 Å². The molecule has 0 spiro atoms. The van der Waals surface area contributed by atoms with Gasteiger partial charge < -0.3 is 9.64 Å². The van der Waals surface area contributed by atoms with E-state index in [1.54, 1.807) is 36.8 Å². The minimum Gasteiger partial charge on any atom is -0.465 e. The van der Waals surface area contributed by atoms with E-state index < -0.39 is 0 Å². The number of hydrogen-bond donors (Lipinski definition) is 0. The minimum atomic E-state index is -0.325. The molecule has 0 bridgehead atoms. The molecule has 1 aromatic carbocycles. The van der Waals surface area contributed by atoms with Crippen molar-refractivity contribution in [2.45, 2.75) is 32.0 Å². The summed E-state index contributed by atoms with van der Waals surface area (Å²) >= 11 is 0. The lowest BCUT2D eigenvalue weighted by atomic mass is 10.0. The normalized spacial score (nSPS) is 14.6. The molecule has 0 N–H and O–H groups in total. The number of likely N-dealkylation sites (tertiary alicyclic amines) is 1. The number of carbonyl (C=O) groups excluding carboxylic acids is 2. The van der Waals surface area contributed by atoms with Crippen LogP contribution in [0.3, 0.4) is 0 Å². The highest BCUT2D eigenvalue weighted by Gasteiger charge is 2.29. The predicted molar refractivity (Wildman–Crippen MR) is 124 cm³/mol. The number of ether oxygens (including phenoxy) is 1. The third-order valence-electron chi connectivity index (χ3n) is 6.02. The van der Waals surface area contributed by atoms with Gasteiger partial charge in [-0.1, -0.05) is 18.2 Å². The molecular weight excluding hydrogens is 416 g/mol. The van der Waals surface area contributed by atoms with Crippen LogP contribution in [0.4, 0.5) is 0 Å². The van der Waals surface area contributed by atoms with Crippen molar-refractivity contribution in [3.05, 3.63) is 95.6 Å². The fourth-order valence-electron chi connectivity index (χ4n) is 4.22. The molecule has 0 atom stereocenters. The second-order valence-electron chi connectivity index (χ2n) is 8.23. The van der Waals surface area contributed by atoms with Crippen LogP contribution in [0.5, 0.6) is 0 Å². The van der Waals surface area contributed by atoms with Crippen molar-refractivity contribution in [1.82, 2.24) is 19.8 Å². The van der Waals surface area contributed by atoms with E-state index in [0.717, 1.165) is 43.6 Å². The zero-order chi connectivity index (χ0) is 23.0. The Morgan fingerprint density at radius 3 is 2.24 bits per heavy atom. The van der Waals surface area contributed by atoms with E-state index in [1.807, 2.05) is 41.4 Å². The number of amides is 1. The number of benzene rings is 1. The Morgan fingerprint density at radius 2 is 1.64 bits per heavy atom. The Balaban J connectivity index is 1.41. The summed E-state index contributed by atoms with van der Waals surface area (Å²) in [5.74, 6) is -0.321. The maximum atomic E-state index is 13.3. The van der Waals surface area contributed by atoms with Gasteiger partial charge in [-0.2, -0.15) is 0 Å². The van der Waals surface area contributed by atoms with Gasteiger partial charge in [-0.05, 0) is 54.3 Å². The highest BCUT2D eigenvalue weighted by Crippen LogP contribution is 2.22. The van der Waals surface area contributed by atoms with Crippen LogP contribution in [0.25, 0.3) is 0 Å². The summed E-state index contributed by atoms with van der Waals surface area (Å²) in [7, 11) is 1.39. The number of piperidine rings is 1. The molecule has 4 rings (SSSR count). The van der Waals surface area contributed by atoms with Gasteiger partial charge in [-0.15, -0.1) is 0 Å². The number of esters is 1. The monoisotopic (exact) mass is 444 g/mol. The zero-order valence-electron chi connectivity index (χ0n) is 18.8. The summed E-state index contributed by atoms with van der Waals surface area (Å²) in [6, 6.07) is 15.2. The average Bonchev–Trinajstić information content (AvgIpc) is 2.88. The lowest BCUT2D eigenvalue weighted by molar-refractivity contribution is 0.0540. The highest BCUT2D eigenvalue weighted by atomic mass is 16.5. The van der Waals surface area contributed by atoms with Crippen molar-refractivity contribution in [3.8, 4) is 0 Å². The summed E-state index contributed by atoms with van der Waals surface area (Å²) in [6.45, 7) is 3.13. The van der Waals surface area contributed by atoms with Crippen molar-refractivity contribution in [2.75, 3.05) is 20.2 Å². The van der Waals surface area contributed by atoms with E-state index in [-0.39, 0.29) is 17.9 Å². The van der Waals surface area contributed by atoms with E-state index in [0.29, 0.717) is 17.7 Å². The number of pyridine rings is 2. The summed E-state index contributed by atoms with van der Waals surface area (Å²) in [5, 5.41) is 0. The van der Waals surface area contributed by atoms with E-state index in [2.05, 4.69) is 14.9 Å². The van der Waals surface area contributed by atoms with Crippen LogP contribution >= 0.6 is 0 Å². The van der Waals surface area contributed by atoms with Gasteiger partial charge in [0.25, 0.3) is 5.91 Å². The molecule has 0 saturated carbocycles. The van der Waals surface area contributed by atoms with Gasteiger partial charge in [0.05, 0.1) is 18.2 Å². The first-order valence-electron chi connectivity index (χ1n) is 11.1. The van der Waals surface area contributed by atoms with Crippen LogP contribution in [0.15, 0.2) is 73.3 Å². The third-order valence-corrected chi connectivity index (χ3v) is 6.02. The van der Waals surface area contributed by atoms with Crippen molar-refractivity contribution >= 4 is 11.9 Å². The fourth-order valence-corrected chi connectivity index (χ4v) is 4.22. The number of carbonyl (C=O) groups is 2.